The summed E-state index contributed by atoms with van der Waals surface area (Å²) in [6.45, 7) is 0.241. The van der Waals surface area contributed by atoms with Crippen LogP contribution in [0.15, 0.2) is 47.4 Å². The average molecular weight is 302 g/mol. The van der Waals surface area contributed by atoms with E-state index in [4.69, 9.17) is 5.73 Å². The smallest absolute Gasteiger partial charge is 0.240 e. The lowest BCUT2D eigenvalue weighted by Gasteiger charge is -2.09. The molecule has 21 heavy (non-hydrogen) atoms. The van der Waals surface area contributed by atoms with Crippen molar-refractivity contribution in [2.75, 3.05) is 5.73 Å². The Morgan fingerprint density at radius 3 is 2.67 bits per heavy atom. The molecule has 3 rings (SSSR count). The normalized spacial score (nSPS) is 14.1. The number of anilines is 1. The molecule has 3 N–H and O–H groups in total. The van der Waals surface area contributed by atoms with Gasteiger partial charge in [-0.3, -0.25) is 0 Å². The van der Waals surface area contributed by atoms with Crippen LogP contribution in [0.3, 0.4) is 0 Å². The largest absolute Gasteiger partial charge is 0.399 e. The van der Waals surface area contributed by atoms with E-state index >= 15 is 0 Å². The highest BCUT2D eigenvalue weighted by molar-refractivity contribution is 7.89. The molecule has 0 aliphatic heterocycles. The Morgan fingerprint density at radius 1 is 1.05 bits per heavy atom. The zero-order valence-electron chi connectivity index (χ0n) is 11.7. The molecular weight excluding hydrogens is 284 g/mol. The van der Waals surface area contributed by atoms with E-state index in [2.05, 4.69) is 4.72 Å². The number of rotatable bonds is 4. The van der Waals surface area contributed by atoms with Gasteiger partial charge in [-0.05, 0) is 60.2 Å². The minimum Gasteiger partial charge on any atom is -0.399 e. The predicted octanol–water partition coefficient (Wildman–Crippen LogP) is 2.24. The lowest BCUT2D eigenvalue weighted by atomic mass is 10.1. The van der Waals surface area contributed by atoms with Crippen molar-refractivity contribution < 1.29 is 8.42 Å². The Hall–Kier alpha value is -1.85. The molecule has 0 heterocycles. The minimum atomic E-state index is -3.48. The zero-order chi connectivity index (χ0) is 14.9. The molecule has 4 nitrogen and oxygen atoms in total. The van der Waals surface area contributed by atoms with Gasteiger partial charge in [0.2, 0.25) is 10.0 Å². The Kier molecular flexibility index (Phi) is 3.69. The van der Waals surface area contributed by atoms with Crippen LogP contribution in [-0.2, 0) is 29.4 Å². The van der Waals surface area contributed by atoms with Crippen molar-refractivity contribution in [3.63, 3.8) is 0 Å². The molecule has 0 saturated carbocycles. The number of benzene rings is 2. The van der Waals surface area contributed by atoms with Crippen molar-refractivity contribution >= 4 is 15.7 Å². The molecule has 5 heteroatoms. The van der Waals surface area contributed by atoms with Gasteiger partial charge in [-0.2, -0.15) is 0 Å². The third kappa shape index (κ3) is 3.09. The third-order valence-electron chi connectivity index (χ3n) is 3.80. The maximum Gasteiger partial charge on any atom is 0.240 e. The van der Waals surface area contributed by atoms with Crippen molar-refractivity contribution in [1.29, 1.82) is 0 Å². The van der Waals surface area contributed by atoms with Crippen LogP contribution in [0.1, 0.15) is 23.1 Å². The highest BCUT2D eigenvalue weighted by Gasteiger charge is 2.18. The topological polar surface area (TPSA) is 72.2 Å². The highest BCUT2D eigenvalue weighted by atomic mass is 32.2. The van der Waals surface area contributed by atoms with Crippen LogP contribution in [0, 0.1) is 0 Å². The Bertz CT molecular complexity index is 770. The molecule has 110 valence electrons. The molecule has 0 amide bonds. The van der Waals surface area contributed by atoms with Gasteiger partial charge in [0.25, 0.3) is 0 Å². The van der Waals surface area contributed by atoms with Crippen molar-refractivity contribution in [3.8, 4) is 0 Å². The van der Waals surface area contributed by atoms with Crippen LogP contribution >= 0.6 is 0 Å². The van der Waals surface area contributed by atoms with Crippen LogP contribution in [-0.4, -0.2) is 8.42 Å². The molecule has 0 atom stereocenters. The second-order valence-electron chi connectivity index (χ2n) is 5.35. The molecule has 0 unspecified atom stereocenters. The van der Waals surface area contributed by atoms with Crippen molar-refractivity contribution in [3.05, 3.63) is 59.2 Å². The van der Waals surface area contributed by atoms with Gasteiger partial charge < -0.3 is 5.73 Å². The van der Waals surface area contributed by atoms with Crippen molar-refractivity contribution in [2.24, 2.45) is 0 Å². The minimum absolute atomic E-state index is 0.241. The number of hydrogen-bond acceptors (Lipinski definition) is 3. The first-order valence-electron chi connectivity index (χ1n) is 7.00. The molecule has 2 aromatic carbocycles. The Balaban J connectivity index is 1.78. The van der Waals surface area contributed by atoms with Gasteiger partial charge in [-0.15, -0.1) is 0 Å². The first-order chi connectivity index (χ1) is 10.0. The van der Waals surface area contributed by atoms with Gasteiger partial charge in [0, 0.05) is 12.2 Å². The molecule has 0 saturated heterocycles. The molecule has 1 aliphatic rings. The predicted molar refractivity (Wildman–Crippen MR) is 83.3 cm³/mol. The molecule has 0 aromatic heterocycles. The second kappa shape index (κ2) is 5.50. The number of nitrogens with two attached hydrogens (primary N) is 1. The number of aryl methyl sites for hydroxylation is 2. The summed E-state index contributed by atoms with van der Waals surface area (Å²) >= 11 is 0. The van der Waals surface area contributed by atoms with E-state index < -0.39 is 10.0 Å². The van der Waals surface area contributed by atoms with Gasteiger partial charge in [0.15, 0.2) is 0 Å². The summed E-state index contributed by atoms with van der Waals surface area (Å²) in [7, 11) is -3.48. The maximum absolute atomic E-state index is 12.3. The third-order valence-corrected chi connectivity index (χ3v) is 5.20. The highest BCUT2D eigenvalue weighted by Crippen LogP contribution is 2.24. The van der Waals surface area contributed by atoms with Gasteiger partial charge >= 0.3 is 0 Å². The Labute approximate surface area is 125 Å². The molecule has 0 bridgehead atoms. The summed E-state index contributed by atoms with van der Waals surface area (Å²) < 4.78 is 27.3. The summed E-state index contributed by atoms with van der Waals surface area (Å²) in [6.07, 6.45) is 3.12. The van der Waals surface area contributed by atoms with Crippen LogP contribution < -0.4 is 10.5 Å². The van der Waals surface area contributed by atoms with Crippen molar-refractivity contribution in [2.45, 2.75) is 30.7 Å². The lowest BCUT2D eigenvalue weighted by Crippen LogP contribution is -2.23. The molecule has 2 aromatic rings. The van der Waals surface area contributed by atoms with Gasteiger partial charge in [0.05, 0.1) is 4.90 Å². The van der Waals surface area contributed by atoms with Crippen molar-refractivity contribution in [1.82, 2.24) is 4.72 Å². The standard InChI is InChI=1S/C16H18N2O2S/c17-15-6-1-3-12(9-15)11-18-21(19,20)16-8-7-13-4-2-5-14(13)10-16/h1,3,6-10,18H,2,4-5,11,17H2. The first kappa shape index (κ1) is 14.1. The summed E-state index contributed by atoms with van der Waals surface area (Å²) in [5.74, 6) is 0. The van der Waals surface area contributed by atoms with Gasteiger partial charge in [-0.25, -0.2) is 13.1 Å². The van der Waals surface area contributed by atoms with Crippen LogP contribution in [0.5, 0.6) is 0 Å². The fourth-order valence-electron chi connectivity index (χ4n) is 2.68. The zero-order valence-corrected chi connectivity index (χ0v) is 12.5. The monoisotopic (exact) mass is 302 g/mol. The molecule has 0 spiro atoms. The molecule has 0 fully saturated rings. The summed E-state index contributed by atoms with van der Waals surface area (Å²) in [4.78, 5) is 0.340. The van der Waals surface area contributed by atoms with E-state index in [-0.39, 0.29) is 6.54 Å². The van der Waals surface area contributed by atoms with E-state index in [9.17, 15) is 8.42 Å². The fourth-order valence-corrected chi connectivity index (χ4v) is 3.75. The van der Waals surface area contributed by atoms with Crippen LogP contribution in [0.4, 0.5) is 5.69 Å². The fraction of sp³-hybridized carbons (Fsp3) is 0.250. The number of nitrogen functional groups attached to an aromatic ring is 1. The average Bonchev–Trinajstić information content (AvgIpc) is 2.93. The van der Waals surface area contributed by atoms with E-state index in [0.717, 1.165) is 30.4 Å². The lowest BCUT2D eigenvalue weighted by molar-refractivity contribution is 0.581. The van der Waals surface area contributed by atoms with Crippen LogP contribution in [0.2, 0.25) is 0 Å². The number of fused-ring (bicyclic) bond motifs is 1. The Morgan fingerprint density at radius 2 is 1.86 bits per heavy atom. The first-order valence-corrected chi connectivity index (χ1v) is 8.49. The molecule has 0 radical (unpaired) electrons. The van der Waals surface area contributed by atoms with E-state index in [0.29, 0.717) is 10.6 Å². The van der Waals surface area contributed by atoms with E-state index in [1.165, 1.54) is 5.56 Å². The molecular formula is C16H18N2O2S. The SMILES string of the molecule is Nc1cccc(CNS(=O)(=O)c2ccc3c(c2)CCC3)c1. The van der Waals surface area contributed by atoms with Crippen LogP contribution in [0.25, 0.3) is 0 Å². The van der Waals surface area contributed by atoms with Gasteiger partial charge in [0.1, 0.15) is 0 Å². The summed E-state index contributed by atoms with van der Waals surface area (Å²) in [5.41, 5.74) is 9.59. The quantitative estimate of drug-likeness (QED) is 0.851. The summed E-state index contributed by atoms with van der Waals surface area (Å²) in [5, 5.41) is 0. The van der Waals surface area contributed by atoms with Gasteiger partial charge in [-0.1, -0.05) is 18.2 Å². The number of hydrogen-bond donors (Lipinski definition) is 2. The van der Waals surface area contributed by atoms with E-state index in [1.807, 2.05) is 18.2 Å². The molecule has 1 aliphatic carbocycles. The van der Waals surface area contributed by atoms with E-state index in [1.54, 1.807) is 24.3 Å². The maximum atomic E-state index is 12.3. The number of sulfonamides is 1. The second-order valence-corrected chi connectivity index (χ2v) is 7.12. The number of nitrogens with one attached hydrogen (secondary N) is 1. The summed E-state index contributed by atoms with van der Waals surface area (Å²) in [6, 6.07) is 12.6.